The average Bonchev–Trinajstić information content (AvgIpc) is 2.87. The van der Waals surface area contributed by atoms with E-state index in [-0.39, 0.29) is 0 Å². The van der Waals surface area contributed by atoms with Crippen LogP contribution in [0.25, 0.3) is 11.1 Å². The van der Waals surface area contributed by atoms with Crippen molar-refractivity contribution < 1.29 is 0 Å². The van der Waals surface area contributed by atoms with Gasteiger partial charge < -0.3 is 0 Å². The van der Waals surface area contributed by atoms with Gasteiger partial charge in [-0.15, -0.1) is 0 Å². The fraction of sp³-hybridized carbons (Fsp3) is 0.400. The van der Waals surface area contributed by atoms with Crippen molar-refractivity contribution >= 4 is 0 Å². The Morgan fingerprint density at radius 2 is 0.833 bits per heavy atom. The van der Waals surface area contributed by atoms with Crippen molar-refractivity contribution in [3.8, 4) is 11.1 Å². The molecule has 0 aromatic heterocycles. The lowest BCUT2D eigenvalue weighted by atomic mass is 9.70. The average molecular weight is 397 g/mol. The maximum Gasteiger partial charge on any atom is -0.0162 e. The van der Waals surface area contributed by atoms with Crippen molar-refractivity contribution in [2.45, 2.75) is 63.7 Å². The van der Waals surface area contributed by atoms with E-state index in [0.717, 1.165) is 17.8 Å². The molecule has 30 heavy (non-hydrogen) atoms. The van der Waals surface area contributed by atoms with Gasteiger partial charge in [-0.1, -0.05) is 123 Å². The van der Waals surface area contributed by atoms with Gasteiger partial charge in [0.1, 0.15) is 0 Å². The third-order valence-corrected chi connectivity index (χ3v) is 7.24. The second kappa shape index (κ2) is 11.2. The summed E-state index contributed by atoms with van der Waals surface area (Å²) in [5.74, 6) is 2.99. The van der Waals surface area contributed by atoms with Crippen LogP contribution in [0.2, 0.25) is 0 Å². The third-order valence-electron chi connectivity index (χ3n) is 7.24. The van der Waals surface area contributed by atoms with Gasteiger partial charge in [-0.3, -0.25) is 0 Å². The van der Waals surface area contributed by atoms with Gasteiger partial charge in [0.25, 0.3) is 0 Å². The van der Waals surface area contributed by atoms with Crippen LogP contribution in [-0.2, 0) is 0 Å². The first-order chi connectivity index (χ1) is 14.9. The van der Waals surface area contributed by atoms with Crippen LogP contribution >= 0.6 is 0 Å². The molecular weight excluding hydrogens is 360 g/mol. The summed E-state index contributed by atoms with van der Waals surface area (Å²) in [6.07, 6.45) is 13.4. The molecule has 2 aliphatic rings. The van der Waals surface area contributed by atoms with Crippen LogP contribution in [0.1, 0.15) is 69.3 Å². The molecular formula is C30H36. The molecule has 2 aliphatic carbocycles. The van der Waals surface area contributed by atoms with E-state index in [1.807, 2.05) is 12.1 Å². The zero-order chi connectivity index (χ0) is 20.4. The highest BCUT2D eigenvalue weighted by atomic mass is 14.3. The van der Waals surface area contributed by atoms with E-state index in [0.29, 0.717) is 0 Å². The lowest BCUT2D eigenvalue weighted by molar-refractivity contribution is 0.186. The Hall–Kier alpha value is -2.34. The normalized spacial score (nSPS) is 22.0. The quantitative estimate of drug-likeness (QED) is 0.414. The highest BCUT2D eigenvalue weighted by Gasteiger charge is 2.28. The molecule has 0 amide bonds. The molecule has 0 spiro atoms. The van der Waals surface area contributed by atoms with Gasteiger partial charge in [0, 0.05) is 0 Å². The predicted octanol–water partition coefficient (Wildman–Crippen LogP) is 8.89. The van der Waals surface area contributed by atoms with Gasteiger partial charge in [0.2, 0.25) is 0 Å². The molecule has 2 fully saturated rings. The van der Waals surface area contributed by atoms with Gasteiger partial charge in [0.05, 0.1) is 0 Å². The van der Waals surface area contributed by atoms with Crippen LogP contribution in [0, 0.1) is 11.8 Å². The Kier molecular flexibility index (Phi) is 7.78. The first-order valence-corrected chi connectivity index (χ1v) is 12.1. The van der Waals surface area contributed by atoms with Crippen LogP contribution < -0.4 is 0 Å². The molecule has 2 saturated carbocycles. The van der Waals surface area contributed by atoms with E-state index in [1.54, 1.807) is 5.56 Å². The summed E-state index contributed by atoms with van der Waals surface area (Å²) in [4.78, 5) is 0. The van der Waals surface area contributed by atoms with E-state index >= 15 is 0 Å². The highest BCUT2D eigenvalue weighted by Crippen LogP contribution is 2.42. The summed E-state index contributed by atoms with van der Waals surface area (Å²) in [7, 11) is 0. The zero-order valence-corrected chi connectivity index (χ0v) is 18.3. The number of hydrogen-bond acceptors (Lipinski definition) is 0. The van der Waals surface area contributed by atoms with E-state index in [9.17, 15) is 0 Å². The van der Waals surface area contributed by atoms with Crippen LogP contribution in [0.4, 0.5) is 0 Å². The lowest BCUT2D eigenvalue weighted by Crippen LogP contribution is -2.22. The maximum atomic E-state index is 2.33. The Bertz CT molecular complexity index is 785. The van der Waals surface area contributed by atoms with Crippen molar-refractivity contribution in [2.24, 2.45) is 11.8 Å². The summed E-state index contributed by atoms with van der Waals surface area (Å²) >= 11 is 0. The molecule has 0 N–H and O–H groups in total. The van der Waals surface area contributed by atoms with Crippen LogP contribution in [0.3, 0.4) is 0 Å². The Morgan fingerprint density at radius 3 is 1.33 bits per heavy atom. The highest BCUT2D eigenvalue weighted by molar-refractivity contribution is 5.62. The maximum absolute atomic E-state index is 2.33. The largest absolute Gasteiger partial charge is 0.0622 e. The van der Waals surface area contributed by atoms with Gasteiger partial charge in [-0.05, 0) is 60.1 Å². The second-order valence-electron chi connectivity index (χ2n) is 9.15. The van der Waals surface area contributed by atoms with Crippen molar-refractivity contribution in [3.05, 3.63) is 96.6 Å². The molecule has 156 valence electrons. The van der Waals surface area contributed by atoms with Crippen LogP contribution in [-0.4, -0.2) is 0 Å². The van der Waals surface area contributed by atoms with E-state index < -0.39 is 0 Å². The second-order valence-corrected chi connectivity index (χ2v) is 9.15. The van der Waals surface area contributed by atoms with Gasteiger partial charge >= 0.3 is 0 Å². The molecule has 3 aromatic rings. The van der Waals surface area contributed by atoms with Gasteiger partial charge in [0.15, 0.2) is 0 Å². The number of hydrogen-bond donors (Lipinski definition) is 0. The van der Waals surface area contributed by atoms with Crippen molar-refractivity contribution in [1.82, 2.24) is 0 Å². The van der Waals surface area contributed by atoms with Crippen molar-refractivity contribution in [1.29, 1.82) is 0 Å². The lowest BCUT2D eigenvalue weighted by Gasteiger charge is -2.36. The minimum atomic E-state index is 0.853. The molecule has 5 rings (SSSR count). The van der Waals surface area contributed by atoms with Crippen molar-refractivity contribution in [3.63, 3.8) is 0 Å². The molecule has 0 unspecified atom stereocenters. The SMILES string of the molecule is c1ccc(-c2ccccc2)cc1.c1ccc(C2CCC(C3CCCCC3)CC2)cc1. The summed E-state index contributed by atoms with van der Waals surface area (Å²) in [6.45, 7) is 0. The van der Waals surface area contributed by atoms with E-state index in [2.05, 4.69) is 78.9 Å². The molecule has 0 heterocycles. The molecule has 0 aliphatic heterocycles. The standard InChI is InChI=1S/C18H26.C12H10/c1-3-7-15(8-4-1)17-11-13-18(14-12-17)16-9-5-2-6-10-16;1-3-7-11(8-4-1)12-9-5-2-6-10-12/h1,3-4,7-8,16-18H,2,5-6,9-14H2;1-10H. The van der Waals surface area contributed by atoms with Gasteiger partial charge in [-0.25, -0.2) is 0 Å². The molecule has 0 bridgehead atoms. The van der Waals surface area contributed by atoms with Crippen molar-refractivity contribution in [2.75, 3.05) is 0 Å². The fourth-order valence-corrected chi connectivity index (χ4v) is 5.52. The number of rotatable bonds is 3. The molecule has 0 atom stereocenters. The molecule has 0 heteroatoms. The third kappa shape index (κ3) is 5.85. The van der Waals surface area contributed by atoms with E-state index in [1.165, 1.54) is 68.9 Å². The van der Waals surface area contributed by atoms with E-state index in [4.69, 9.17) is 0 Å². The molecule has 0 radical (unpaired) electrons. The van der Waals surface area contributed by atoms with Gasteiger partial charge in [-0.2, -0.15) is 0 Å². The van der Waals surface area contributed by atoms with Crippen LogP contribution in [0.15, 0.2) is 91.0 Å². The smallest absolute Gasteiger partial charge is 0.0162 e. The molecule has 0 saturated heterocycles. The first kappa shape index (κ1) is 20.9. The van der Waals surface area contributed by atoms with Crippen LogP contribution in [0.5, 0.6) is 0 Å². The summed E-state index contributed by atoms with van der Waals surface area (Å²) in [6, 6.07) is 32.0. The fourth-order valence-electron chi connectivity index (χ4n) is 5.52. The summed E-state index contributed by atoms with van der Waals surface area (Å²) < 4.78 is 0. The molecule has 0 nitrogen and oxygen atoms in total. The predicted molar refractivity (Wildman–Crippen MR) is 130 cm³/mol. The topological polar surface area (TPSA) is 0 Å². The Labute approximate surface area is 183 Å². The zero-order valence-electron chi connectivity index (χ0n) is 18.3. The molecule has 3 aromatic carbocycles. The Balaban J connectivity index is 0.000000158. The summed E-state index contributed by atoms with van der Waals surface area (Å²) in [5, 5.41) is 0. The summed E-state index contributed by atoms with van der Waals surface area (Å²) in [5.41, 5.74) is 4.13. The minimum Gasteiger partial charge on any atom is -0.0622 e. The first-order valence-electron chi connectivity index (χ1n) is 12.1. The monoisotopic (exact) mass is 396 g/mol. The number of benzene rings is 3. The Morgan fingerprint density at radius 1 is 0.400 bits per heavy atom. The minimum absolute atomic E-state index is 0.853.